The lowest BCUT2D eigenvalue weighted by atomic mass is 9.65. The number of hydrogen-bond donors (Lipinski definition) is 4. The van der Waals surface area contributed by atoms with Crippen LogP contribution in [0.4, 0.5) is 5.69 Å². The van der Waals surface area contributed by atoms with Crippen molar-refractivity contribution in [2.24, 2.45) is 10.8 Å². The van der Waals surface area contributed by atoms with E-state index in [-0.39, 0.29) is 12.5 Å². The summed E-state index contributed by atoms with van der Waals surface area (Å²) in [5, 5.41) is 21.1. The fourth-order valence-corrected chi connectivity index (χ4v) is 3.88. The number of anilines is 1. The van der Waals surface area contributed by atoms with Crippen molar-refractivity contribution in [3.63, 3.8) is 0 Å². The highest BCUT2D eigenvalue weighted by molar-refractivity contribution is 5.92. The van der Waals surface area contributed by atoms with E-state index in [9.17, 15) is 9.59 Å². The summed E-state index contributed by atoms with van der Waals surface area (Å²) in [5.74, 6) is 0.707. The Labute approximate surface area is 214 Å². The molecule has 2 rings (SSSR count). The molecule has 36 heavy (non-hydrogen) atoms. The third-order valence-corrected chi connectivity index (χ3v) is 7.01. The number of ether oxygens (including phenoxy) is 2. The lowest BCUT2D eigenvalue weighted by Crippen LogP contribution is -2.45. The lowest BCUT2D eigenvalue weighted by molar-refractivity contribution is -0.144. The van der Waals surface area contributed by atoms with E-state index in [1.54, 1.807) is 32.5 Å². The predicted octanol–water partition coefficient (Wildman–Crippen LogP) is 4.87. The third kappa shape index (κ3) is 7.96. The van der Waals surface area contributed by atoms with Crippen LogP contribution in [0.3, 0.4) is 0 Å². The smallest absolute Gasteiger partial charge is 0.249 e. The lowest BCUT2D eigenvalue weighted by Gasteiger charge is -2.39. The average Bonchev–Trinajstić information content (AvgIpc) is 2.85. The molecule has 0 saturated carbocycles. The highest BCUT2D eigenvalue weighted by atomic mass is 16.5. The Morgan fingerprint density at radius 3 is 2.36 bits per heavy atom. The number of para-hydroxylation sites is 2. The van der Waals surface area contributed by atoms with E-state index in [0.29, 0.717) is 43.7 Å². The molecule has 4 N–H and O–H groups in total. The Morgan fingerprint density at radius 1 is 1.00 bits per heavy atom. The number of aliphatic hydroxyl groups excluding tert-OH is 1. The van der Waals surface area contributed by atoms with Gasteiger partial charge in [-0.1, -0.05) is 45.9 Å². The standard InChI is InChI=1S/C28H40N2O6/c1-27(2,28(3,4)26(33)30-34)14-8-13-25(32)29-23-11-6-7-12-24(23)36-19-21-16-20(10-9-15-31)17-22(18-21)35-5/h6-7,11-12,16-18,31,34H,8-10,13-15,19H2,1-5H3,(H,29,32)(H,30,33). The van der Waals surface area contributed by atoms with Crippen molar-refractivity contribution in [2.75, 3.05) is 19.0 Å². The molecule has 0 heterocycles. The molecule has 0 aliphatic heterocycles. The maximum absolute atomic E-state index is 12.7. The van der Waals surface area contributed by atoms with Crippen LogP contribution in [0.2, 0.25) is 0 Å². The number of nitrogens with one attached hydrogen (secondary N) is 2. The van der Waals surface area contributed by atoms with Gasteiger partial charge in [0.2, 0.25) is 11.8 Å². The van der Waals surface area contributed by atoms with E-state index in [1.165, 1.54) is 0 Å². The van der Waals surface area contributed by atoms with Gasteiger partial charge in [-0.3, -0.25) is 14.8 Å². The van der Waals surface area contributed by atoms with Gasteiger partial charge >= 0.3 is 0 Å². The topological polar surface area (TPSA) is 117 Å². The Kier molecular flexibility index (Phi) is 10.7. The average molecular weight is 501 g/mol. The molecule has 198 valence electrons. The Morgan fingerprint density at radius 2 is 1.69 bits per heavy atom. The van der Waals surface area contributed by atoms with E-state index in [2.05, 4.69) is 5.32 Å². The van der Waals surface area contributed by atoms with Gasteiger partial charge < -0.3 is 19.9 Å². The largest absolute Gasteiger partial charge is 0.497 e. The van der Waals surface area contributed by atoms with Crippen LogP contribution in [-0.2, 0) is 22.6 Å². The van der Waals surface area contributed by atoms with Crippen LogP contribution in [-0.4, -0.2) is 35.8 Å². The normalized spacial score (nSPS) is 11.6. The van der Waals surface area contributed by atoms with Gasteiger partial charge in [-0.25, -0.2) is 5.48 Å². The molecule has 0 saturated heterocycles. The molecule has 0 unspecified atom stereocenters. The first-order chi connectivity index (χ1) is 17.0. The molecular formula is C28H40N2O6. The van der Waals surface area contributed by atoms with Gasteiger partial charge in [0.1, 0.15) is 18.1 Å². The number of rotatable bonds is 14. The van der Waals surface area contributed by atoms with Crippen LogP contribution in [0, 0.1) is 10.8 Å². The second-order valence-electron chi connectivity index (χ2n) is 10.2. The van der Waals surface area contributed by atoms with Gasteiger partial charge in [0.05, 0.1) is 18.2 Å². The minimum Gasteiger partial charge on any atom is -0.497 e. The van der Waals surface area contributed by atoms with Gasteiger partial charge in [-0.15, -0.1) is 0 Å². The molecule has 0 aliphatic rings. The summed E-state index contributed by atoms with van der Waals surface area (Å²) < 4.78 is 11.4. The molecule has 8 heteroatoms. The molecule has 0 aliphatic carbocycles. The maximum atomic E-state index is 12.7. The number of hydroxylamine groups is 1. The van der Waals surface area contributed by atoms with Crippen LogP contribution in [0.15, 0.2) is 42.5 Å². The number of methoxy groups -OCH3 is 1. The molecule has 0 bridgehead atoms. The fraction of sp³-hybridized carbons (Fsp3) is 0.500. The van der Waals surface area contributed by atoms with Gasteiger partial charge in [0.15, 0.2) is 0 Å². The number of amides is 2. The maximum Gasteiger partial charge on any atom is 0.249 e. The second kappa shape index (κ2) is 13.3. The summed E-state index contributed by atoms with van der Waals surface area (Å²) in [6.07, 6.45) is 2.92. The van der Waals surface area contributed by atoms with Crippen molar-refractivity contribution in [1.82, 2.24) is 5.48 Å². The molecule has 0 atom stereocenters. The monoisotopic (exact) mass is 500 g/mol. The Hall–Kier alpha value is -3.10. The first kappa shape index (κ1) is 29.1. The number of aliphatic hydroxyl groups is 1. The van der Waals surface area contributed by atoms with Crippen LogP contribution in [0.1, 0.15) is 64.5 Å². The number of carbonyl (C=O) groups is 2. The van der Waals surface area contributed by atoms with Crippen molar-refractivity contribution in [3.8, 4) is 11.5 Å². The van der Waals surface area contributed by atoms with E-state index in [1.807, 2.05) is 50.2 Å². The third-order valence-electron chi connectivity index (χ3n) is 7.01. The number of carbonyl (C=O) groups excluding carboxylic acids is 2. The van der Waals surface area contributed by atoms with Crippen molar-refractivity contribution in [1.29, 1.82) is 0 Å². The predicted molar refractivity (Wildman–Crippen MR) is 139 cm³/mol. The van der Waals surface area contributed by atoms with Crippen LogP contribution in [0.25, 0.3) is 0 Å². The molecule has 0 fully saturated rings. The summed E-state index contributed by atoms with van der Waals surface area (Å²) in [4.78, 5) is 24.7. The van der Waals surface area contributed by atoms with E-state index >= 15 is 0 Å². The van der Waals surface area contributed by atoms with Crippen LogP contribution in [0.5, 0.6) is 11.5 Å². The molecule has 0 spiro atoms. The van der Waals surface area contributed by atoms with Crippen molar-refractivity contribution in [2.45, 2.75) is 66.4 Å². The van der Waals surface area contributed by atoms with Crippen molar-refractivity contribution in [3.05, 3.63) is 53.6 Å². The van der Waals surface area contributed by atoms with E-state index < -0.39 is 16.7 Å². The quantitative estimate of drug-likeness (QED) is 0.217. The van der Waals surface area contributed by atoms with E-state index in [4.69, 9.17) is 19.8 Å². The zero-order chi connectivity index (χ0) is 26.8. The van der Waals surface area contributed by atoms with Gasteiger partial charge in [0, 0.05) is 13.0 Å². The van der Waals surface area contributed by atoms with Crippen molar-refractivity contribution < 1.29 is 29.4 Å². The second-order valence-corrected chi connectivity index (χ2v) is 10.2. The zero-order valence-corrected chi connectivity index (χ0v) is 22.0. The molecule has 0 aromatic heterocycles. The summed E-state index contributed by atoms with van der Waals surface area (Å²) in [6.45, 7) is 7.90. The Bertz CT molecular complexity index is 1020. The molecular weight excluding hydrogens is 460 g/mol. The van der Waals surface area contributed by atoms with Crippen LogP contribution < -0.4 is 20.3 Å². The first-order valence-corrected chi connectivity index (χ1v) is 12.3. The Balaban J connectivity index is 1.98. The molecule has 0 radical (unpaired) electrons. The molecule has 2 amide bonds. The summed E-state index contributed by atoms with van der Waals surface area (Å²) >= 11 is 0. The molecule has 2 aromatic rings. The molecule has 2 aromatic carbocycles. The number of aryl methyl sites for hydroxylation is 1. The highest BCUT2D eigenvalue weighted by Crippen LogP contribution is 2.42. The van der Waals surface area contributed by atoms with Crippen molar-refractivity contribution >= 4 is 17.5 Å². The summed E-state index contributed by atoms with van der Waals surface area (Å²) in [6, 6.07) is 13.2. The SMILES string of the molecule is COc1cc(CCCO)cc(COc2ccccc2NC(=O)CCCC(C)(C)C(C)(C)C(=O)NO)c1. The summed E-state index contributed by atoms with van der Waals surface area (Å²) in [5.41, 5.74) is 3.10. The summed E-state index contributed by atoms with van der Waals surface area (Å²) in [7, 11) is 1.62. The van der Waals surface area contributed by atoms with Gasteiger partial charge in [-0.05, 0) is 66.5 Å². The highest BCUT2D eigenvalue weighted by Gasteiger charge is 2.42. The van der Waals surface area contributed by atoms with Crippen LogP contribution >= 0.6 is 0 Å². The minimum atomic E-state index is -0.795. The zero-order valence-electron chi connectivity index (χ0n) is 22.0. The minimum absolute atomic E-state index is 0.128. The molecule has 8 nitrogen and oxygen atoms in total. The van der Waals surface area contributed by atoms with Gasteiger partial charge in [-0.2, -0.15) is 0 Å². The van der Waals surface area contributed by atoms with Gasteiger partial charge in [0.25, 0.3) is 0 Å². The fourth-order valence-electron chi connectivity index (χ4n) is 3.88. The number of hydrogen-bond acceptors (Lipinski definition) is 6. The number of benzene rings is 2. The van der Waals surface area contributed by atoms with E-state index in [0.717, 1.165) is 23.3 Å². The first-order valence-electron chi connectivity index (χ1n) is 12.3.